The van der Waals surface area contributed by atoms with Gasteiger partial charge in [0.1, 0.15) is 5.82 Å². The standard InChI is InChI=1S/C13H19ClFNO/c1-9(2)13(17)5-6-16-8-10-7-11(14)3-4-12(10)15/h3-4,7,9,13,16-17H,5-6,8H2,1-2H3. The van der Waals surface area contributed by atoms with Crippen molar-refractivity contribution in [1.29, 1.82) is 0 Å². The van der Waals surface area contributed by atoms with Gasteiger partial charge in [0.15, 0.2) is 0 Å². The molecular formula is C13H19ClFNO. The monoisotopic (exact) mass is 259 g/mol. The summed E-state index contributed by atoms with van der Waals surface area (Å²) in [5, 5.41) is 13.2. The Balaban J connectivity index is 2.33. The van der Waals surface area contributed by atoms with E-state index < -0.39 is 0 Å². The fraction of sp³-hybridized carbons (Fsp3) is 0.538. The van der Waals surface area contributed by atoms with Crippen LogP contribution in [0.4, 0.5) is 4.39 Å². The van der Waals surface area contributed by atoms with Gasteiger partial charge in [-0.25, -0.2) is 4.39 Å². The molecule has 0 saturated heterocycles. The van der Waals surface area contributed by atoms with Crippen LogP contribution >= 0.6 is 11.6 Å². The highest BCUT2D eigenvalue weighted by Crippen LogP contribution is 2.14. The van der Waals surface area contributed by atoms with Gasteiger partial charge in [-0.15, -0.1) is 0 Å². The van der Waals surface area contributed by atoms with Crippen molar-refractivity contribution in [3.8, 4) is 0 Å². The average molecular weight is 260 g/mol. The van der Waals surface area contributed by atoms with Gasteiger partial charge in [-0.1, -0.05) is 25.4 Å². The number of aliphatic hydroxyl groups excluding tert-OH is 1. The lowest BCUT2D eigenvalue weighted by Crippen LogP contribution is -2.23. The summed E-state index contributed by atoms with van der Waals surface area (Å²) in [5.41, 5.74) is 0.552. The summed E-state index contributed by atoms with van der Waals surface area (Å²) in [4.78, 5) is 0. The lowest BCUT2D eigenvalue weighted by molar-refractivity contribution is 0.116. The Hall–Kier alpha value is -0.640. The van der Waals surface area contributed by atoms with Crippen LogP contribution < -0.4 is 5.32 Å². The van der Waals surface area contributed by atoms with Gasteiger partial charge in [-0.2, -0.15) is 0 Å². The predicted octanol–water partition coefficient (Wildman–Crippen LogP) is 2.98. The third-order valence-electron chi connectivity index (χ3n) is 2.71. The van der Waals surface area contributed by atoms with Crippen molar-refractivity contribution in [2.45, 2.75) is 32.9 Å². The van der Waals surface area contributed by atoms with E-state index in [4.69, 9.17) is 11.6 Å². The Morgan fingerprint density at radius 2 is 2.12 bits per heavy atom. The second-order valence-corrected chi connectivity index (χ2v) is 4.95. The third kappa shape index (κ3) is 5.02. The quantitative estimate of drug-likeness (QED) is 0.770. The van der Waals surface area contributed by atoms with Gasteiger partial charge in [0, 0.05) is 17.1 Å². The molecule has 0 aliphatic rings. The van der Waals surface area contributed by atoms with Crippen LogP contribution in [0.3, 0.4) is 0 Å². The lowest BCUT2D eigenvalue weighted by Gasteiger charge is -2.14. The number of hydrogen-bond acceptors (Lipinski definition) is 2. The molecule has 1 unspecified atom stereocenters. The fourth-order valence-electron chi connectivity index (χ4n) is 1.49. The van der Waals surface area contributed by atoms with Crippen LogP contribution in [0, 0.1) is 11.7 Å². The number of hydrogen-bond donors (Lipinski definition) is 2. The van der Waals surface area contributed by atoms with E-state index in [0.29, 0.717) is 30.1 Å². The first kappa shape index (κ1) is 14.4. The van der Waals surface area contributed by atoms with Crippen molar-refractivity contribution in [1.82, 2.24) is 5.32 Å². The minimum atomic E-state index is -0.313. The molecule has 0 bridgehead atoms. The van der Waals surface area contributed by atoms with E-state index in [1.165, 1.54) is 12.1 Å². The number of halogens is 2. The molecule has 2 N–H and O–H groups in total. The van der Waals surface area contributed by atoms with Gasteiger partial charge in [0.25, 0.3) is 0 Å². The Morgan fingerprint density at radius 1 is 1.41 bits per heavy atom. The zero-order chi connectivity index (χ0) is 12.8. The molecule has 0 radical (unpaired) electrons. The molecule has 2 nitrogen and oxygen atoms in total. The molecule has 17 heavy (non-hydrogen) atoms. The fourth-order valence-corrected chi connectivity index (χ4v) is 1.68. The normalized spacial score (nSPS) is 13.1. The van der Waals surface area contributed by atoms with Gasteiger partial charge in [0.05, 0.1) is 6.10 Å². The zero-order valence-corrected chi connectivity index (χ0v) is 11.0. The van der Waals surface area contributed by atoms with E-state index in [2.05, 4.69) is 5.32 Å². The van der Waals surface area contributed by atoms with E-state index in [-0.39, 0.29) is 17.8 Å². The van der Waals surface area contributed by atoms with Gasteiger partial charge in [-0.05, 0) is 37.1 Å². The number of rotatable bonds is 6. The third-order valence-corrected chi connectivity index (χ3v) is 2.94. The molecule has 1 aromatic carbocycles. The number of nitrogens with one attached hydrogen (secondary N) is 1. The van der Waals surface area contributed by atoms with Crippen molar-refractivity contribution >= 4 is 11.6 Å². The van der Waals surface area contributed by atoms with E-state index in [9.17, 15) is 9.50 Å². The summed E-state index contributed by atoms with van der Waals surface area (Å²) < 4.78 is 13.3. The first-order valence-electron chi connectivity index (χ1n) is 5.83. The Bertz CT molecular complexity index is 357. The number of aliphatic hydroxyl groups is 1. The van der Waals surface area contributed by atoms with Crippen molar-refractivity contribution < 1.29 is 9.50 Å². The van der Waals surface area contributed by atoms with Crippen LogP contribution in [0.25, 0.3) is 0 Å². The number of benzene rings is 1. The molecule has 0 saturated carbocycles. The van der Waals surface area contributed by atoms with E-state index in [0.717, 1.165) is 0 Å². The highest BCUT2D eigenvalue weighted by Gasteiger charge is 2.08. The summed E-state index contributed by atoms with van der Waals surface area (Å²) in [6.45, 7) is 5.03. The molecular weight excluding hydrogens is 241 g/mol. The maximum absolute atomic E-state index is 13.3. The van der Waals surface area contributed by atoms with Crippen LogP contribution in [-0.2, 0) is 6.54 Å². The molecule has 0 heterocycles. The van der Waals surface area contributed by atoms with Gasteiger partial charge in [0.2, 0.25) is 0 Å². The highest BCUT2D eigenvalue weighted by atomic mass is 35.5. The summed E-state index contributed by atoms with van der Waals surface area (Å²) in [7, 11) is 0. The molecule has 1 rings (SSSR count). The molecule has 4 heteroatoms. The molecule has 0 aromatic heterocycles. The van der Waals surface area contributed by atoms with Crippen LogP contribution in [-0.4, -0.2) is 17.8 Å². The van der Waals surface area contributed by atoms with Gasteiger partial charge in [-0.3, -0.25) is 0 Å². The highest BCUT2D eigenvalue weighted by molar-refractivity contribution is 6.30. The Morgan fingerprint density at radius 3 is 2.76 bits per heavy atom. The van der Waals surface area contributed by atoms with Crippen LogP contribution in [0.2, 0.25) is 5.02 Å². The second-order valence-electron chi connectivity index (χ2n) is 4.51. The zero-order valence-electron chi connectivity index (χ0n) is 10.2. The smallest absolute Gasteiger partial charge is 0.127 e. The first-order valence-corrected chi connectivity index (χ1v) is 6.21. The lowest BCUT2D eigenvalue weighted by atomic mass is 10.0. The van der Waals surface area contributed by atoms with Gasteiger partial charge < -0.3 is 10.4 Å². The first-order chi connectivity index (χ1) is 8.00. The Labute approximate surface area is 107 Å². The topological polar surface area (TPSA) is 32.3 Å². The summed E-state index contributed by atoms with van der Waals surface area (Å²) in [6, 6.07) is 4.51. The maximum atomic E-state index is 13.3. The average Bonchev–Trinajstić information content (AvgIpc) is 2.28. The summed E-state index contributed by atoms with van der Waals surface area (Å²) in [5.74, 6) is -0.00832. The van der Waals surface area contributed by atoms with Crippen molar-refractivity contribution in [2.24, 2.45) is 5.92 Å². The summed E-state index contributed by atoms with van der Waals surface area (Å²) >= 11 is 5.79. The second kappa shape index (κ2) is 6.94. The molecule has 0 aliphatic heterocycles. The van der Waals surface area contributed by atoms with Crippen LogP contribution in [0.1, 0.15) is 25.8 Å². The molecule has 1 aromatic rings. The van der Waals surface area contributed by atoms with Crippen LogP contribution in [0.5, 0.6) is 0 Å². The molecule has 0 fully saturated rings. The maximum Gasteiger partial charge on any atom is 0.127 e. The largest absolute Gasteiger partial charge is 0.393 e. The molecule has 0 aliphatic carbocycles. The van der Waals surface area contributed by atoms with Crippen molar-refractivity contribution in [2.75, 3.05) is 6.54 Å². The molecule has 1 atom stereocenters. The van der Waals surface area contributed by atoms with Crippen molar-refractivity contribution in [3.63, 3.8) is 0 Å². The van der Waals surface area contributed by atoms with E-state index >= 15 is 0 Å². The van der Waals surface area contributed by atoms with E-state index in [1.807, 2.05) is 13.8 Å². The molecule has 0 amide bonds. The Kier molecular flexibility index (Phi) is 5.89. The molecule has 0 spiro atoms. The SMILES string of the molecule is CC(C)C(O)CCNCc1cc(Cl)ccc1F. The minimum Gasteiger partial charge on any atom is -0.393 e. The minimum absolute atomic E-state index is 0.250. The summed E-state index contributed by atoms with van der Waals surface area (Å²) in [6.07, 6.45) is 0.353. The van der Waals surface area contributed by atoms with Crippen molar-refractivity contribution in [3.05, 3.63) is 34.6 Å². The predicted molar refractivity (Wildman–Crippen MR) is 68.6 cm³/mol. The van der Waals surface area contributed by atoms with Gasteiger partial charge >= 0.3 is 0 Å². The van der Waals surface area contributed by atoms with E-state index in [1.54, 1.807) is 6.07 Å². The molecule has 96 valence electrons. The van der Waals surface area contributed by atoms with Crippen LogP contribution in [0.15, 0.2) is 18.2 Å².